The van der Waals surface area contributed by atoms with Gasteiger partial charge in [0.15, 0.2) is 0 Å². The molecule has 0 saturated carbocycles. The van der Waals surface area contributed by atoms with Crippen LogP contribution in [0.2, 0.25) is 0 Å². The quantitative estimate of drug-likeness (QED) is 0.813. The van der Waals surface area contributed by atoms with Crippen LogP contribution in [0, 0.1) is 0 Å². The van der Waals surface area contributed by atoms with Gasteiger partial charge >= 0.3 is 0 Å². The molecule has 0 fully saturated rings. The summed E-state index contributed by atoms with van der Waals surface area (Å²) >= 11 is 0. The fraction of sp³-hybridized carbons (Fsp3) is 0.571. The van der Waals surface area contributed by atoms with Crippen molar-refractivity contribution in [3.05, 3.63) is 34.9 Å². The van der Waals surface area contributed by atoms with E-state index in [0.29, 0.717) is 0 Å². The fourth-order valence-electron chi connectivity index (χ4n) is 2.50. The first kappa shape index (κ1) is 11.6. The number of aliphatic hydroxyl groups is 1. The van der Waals surface area contributed by atoms with Crippen LogP contribution in [0.4, 0.5) is 0 Å². The Morgan fingerprint density at radius 2 is 2.00 bits per heavy atom. The molecule has 0 spiro atoms. The Hall–Kier alpha value is -0.860. The predicted molar refractivity (Wildman–Crippen MR) is 66.6 cm³/mol. The molecule has 1 aliphatic rings. The van der Waals surface area contributed by atoms with Gasteiger partial charge in [-0.1, -0.05) is 25.1 Å². The van der Waals surface area contributed by atoms with E-state index in [1.165, 1.54) is 42.4 Å². The van der Waals surface area contributed by atoms with Gasteiger partial charge in [0.2, 0.25) is 0 Å². The fourth-order valence-corrected chi connectivity index (χ4v) is 2.50. The largest absolute Gasteiger partial charge is 0.394 e. The first-order chi connectivity index (χ1) is 7.85. The van der Waals surface area contributed by atoms with E-state index in [1.54, 1.807) is 0 Å². The topological polar surface area (TPSA) is 32.3 Å². The molecular formula is C14H21NO. The highest BCUT2D eigenvalue weighted by atomic mass is 16.3. The molecule has 2 heteroatoms. The molecule has 0 aromatic heterocycles. The van der Waals surface area contributed by atoms with Gasteiger partial charge in [0.25, 0.3) is 0 Å². The van der Waals surface area contributed by atoms with E-state index in [9.17, 15) is 5.11 Å². The number of hydrogen-bond donors (Lipinski definition) is 2. The number of aliphatic hydroxyl groups excluding tert-OH is 1. The van der Waals surface area contributed by atoms with Crippen molar-refractivity contribution in [3.8, 4) is 0 Å². The maximum absolute atomic E-state index is 9.35. The SMILES string of the molecule is CCNC(CO)c1ccc2c(c1)CCCC2. The molecule has 1 aromatic carbocycles. The summed E-state index contributed by atoms with van der Waals surface area (Å²) in [6.07, 6.45) is 5.05. The molecule has 0 bridgehead atoms. The van der Waals surface area contributed by atoms with Gasteiger partial charge in [0.05, 0.1) is 12.6 Å². The minimum Gasteiger partial charge on any atom is -0.394 e. The van der Waals surface area contributed by atoms with Crippen molar-refractivity contribution in [3.63, 3.8) is 0 Å². The highest BCUT2D eigenvalue weighted by Gasteiger charge is 2.13. The van der Waals surface area contributed by atoms with E-state index in [4.69, 9.17) is 0 Å². The van der Waals surface area contributed by atoms with Gasteiger partial charge in [-0.2, -0.15) is 0 Å². The van der Waals surface area contributed by atoms with Crippen LogP contribution in [0.15, 0.2) is 18.2 Å². The Balaban J connectivity index is 2.21. The zero-order valence-corrected chi connectivity index (χ0v) is 10.00. The Morgan fingerprint density at radius 3 is 2.69 bits per heavy atom. The maximum atomic E-state index is 9.35. The van der Waals surface area contributed by atoms with Crippen molar-refractivity contribution in [2.75, 3.05) is 13.2 Å². The van der Waals surface area contributed by atoms with Crippen LogP contribution >= 0.6 is 0 Å². The molecule has 0 amide bonds. The van der Waals surface area contributed by atoms with E-state index in [0.717, 1.165) is 6.54 Å². The number of benzene rings is 1. The summed E-state index contributed by atoms with van der Waals surface area (Å²) in [7, 11) is 0. The predicted octanol–water partition coefficient (Wildman–Crippen LogP) is 2.21. The zero-order valence-electron chi connectivity index (χ0n) is 10.00. The molecule has 0 saturated heterocycles. The first-order valence-electron chi connectivity index (χ1n) is 6.31. The van der Waals surface area contributed by atoms with Crippen molar-refractivity contribution < 1.29 is 5.11 Å². The van der Waals surface area contributed by atoms with Gasteiger partial charge in [-0.15, -0.1) is 0 Å². The second-order valence-electron chi connectivity index (χ2n) is 4.53. The van der Waals surface area contributed by atoms with E-state index >= 15 is 0 Å². The third-order valence-electron chi connectivity index (χ3n) is 3.41. The average molecular weight is 219 g/mol. The summed E-state index contributed by atoms with van der Waals surface area (Å²) in [5.41, 5.74) is 4.22. The number of fused-ring (bicyclic) bond motifs is 1. The first-order valence-corrected chi connectivity index (χ1v) is 6.31. The minimum absolute atomic E-state index is 0.0947. The Kier molecular flexibility index (Phi) is 3.97. The van der Waals surface area contributed by atoms with Gasteiger partial charge in [-0.3, -0.25) is 0 Å². The highest BCUT2D eigenvalue weighted by molar-refractivity contribution is 5.35. The molecule has 0 heterocycles. The minimum atomic E-state index is 0.0947. The second-order valence-corrected chi connectivity index (χ2v) is 4.53. The summed E-state index contributed by atoms with van der Waals surface area (Å²) in [4.78, 5) is 0. The summed E-state index contributed by atoms with van der Waals surface area (Å²) in [6.45, 7) is 3.13. The van der Waals surface area contributed by atoms with Crippen LogP contribution in [-0.4, -0.2) is 18.3 Å². The Morgan fingerprint density at radius 1 is 1.25 bits per heavy atom. The average Bonchev–Trinajstić information content (AvgIpc) is 2.35. The maximum Gasteiger partial charge on any atom is 0.0626 e. The van der Waals surface area contributed by atoms with E-state index < -0.39 is 0 Å². The summed E-state index contributed by atoms with van der Waals surface area (Å²) < 4.78 is 0. The van der Waals surface area contributed by atoms with Crippen molar-refractivity contribution in [2.45, 2.75) is 38.6 Å². The van der Waals surface area contributed by atoms with Gasteiger partial charge in [-0.25, -0.2) is 0 Å². The second kappa shape index (κ2) is 5.46. The molecular weight excluding hydrogens is 198 g/mol. The van der Waals surface area contributed by atoms with Gasteiger partial charge in [-0.05, 0) is 48.9 Å². The van der Waals surface area contributed by atoms with Gasteiger partial charge in [0.1, 0.15) is 0 Å². The van der Waals surface area contributed by atoms with E-state index in [2.05, 4.69) is 30.4 Å². The smallest absolute Gasteiger partial charge is 0.0626 e. The van der Waals surface area contributed by atoms with Crippen LogP contribution in [0.25, 0.3) is 0 Å². The number of aryl methyl sites for hydroxylation is 2. The van der Waals surface area contributed by atoms with Crippen LogP contribution in [0.3, 0.4) is 0 Å². The van der Waals surface area contributed by atoms with Crippen LogP contribution in [0.1, 0.15) is 42.5 Å². The Bertz CT molecular complexity index is 349. The Labute approximate surface area is 97.7 Å². The van der Waals surface area contributed by atoms with E-state index in [1.807, 2.05) is 0 Å². The molecule has 16 heavy (non-hydrogen) atoms. The van der Waals surface area contributed by atoms with E-state index in [-0.39, 0.29) is 12.6 Å². The van der Waals surface area contributed by atoms with Crippen LogP contribution in [-0.2, 0) is 12.8 Å². The third kappa shape index (κ3) is 2.45. The molecule has 1 atom stereocenters. The van der Waals surface area contributed by atoms with Crippen LogP contribution in [0.5, 0.6) is 0 Å². The van der Waals surface area contributed by atoms with Crippen molar-refractivity contribution in [2.24, 2.45) is 0 Å². The van der Waals surface area contributed by atoms with Crippen LogP contribution < -0.4 is 5.32 Å². The lowest BCUT2D eigenvalue weighted by atomic mass is 9.89. The molecule has 2 N–H and O–H groups in total. The molecule has 1 unspecified atom stereocenters. The van der Waals surface area contributed by atoms with Gasteiger partial charge in [0, 0.05) is 0 Å². The van der Waals surface area contributed by atoms with Crippen molar-refractivity contribution in [1.82, 2.24) is 5.32 Å². The van der Waals surface area contributed by atoms with Crippen molar-refractivity contribution >= 4 is 0 Å². The third-order valence-corrected chi connectivity index (χ3v) is 3.41. The summed E-state index contributed by atoms with van der Waals surface area (Å²) in [5.74, 6) is 0. The molecule has 1 aliphatic carbocycles. The van der Waals surface area contributed by atoms with Gasteiger partial charge < -0.3 is 10.4 Å². The van der Waals surface area contributed by atoms with Crippen molar-refractivity contribution in [1.29, 1.82) is 0 Å². The lowest BCUT2D eigenvalue weighted by molar-refractivity contribution is 0.246. The number of rotatable bonds is 4. The number of nitrogens with one attached hydrogen (secondary N) is 1. The summed E-state index contributed by atoms with van der Waals surface area (Å²) in [5, 5.41) is 12.7. The molecule has 2 nitrogen and oxygen atoms in total. The monoisotopic (exact) mass is 219 g/mol. The summed E-state index contributed by atoms with van der Waals surface area (Å²) in [6, 6.07) is 6.77. The number of hydrogen-bond acceptors (Lipinski definition) is 2. The molecule has 1 aromatic rings. The molecule has 0 aliphatic heterocycles. The molecule has 2 rings (SSSR count). The standard InChI is InChI=1S/C14H21NO/c1-2-15-14(10-16)13-8-7-11-5-3-4-6-12(11)9-13/h7-9,14-16H,2-6,10H2,1H3. The normalized spacial score (nSPS) is 16.9. The lowest BCUT2D eigenvalue weighted by Crippen LogP contribution is -2.24. The highest BCUT2D eigenvalue weighted by Crippen LogP contribution is 2.24. The zero-order chi connectivity index (χ0) is 11.4. The molecule has 0 radical (unpaired) electrons. The lowest BCUT2D eigenvalue weighted by Gasteiger charge is -2.20. The molecule has 88 valence electrons. The number of likely N-dealkylation sites (N-methyl/N-ethyl adjacent to an activating group) is 1.